The topological polar surface area (TPSA) is 58.6 Å². The van der Waals surface area contributed by atoms with Gasteiger partial charge < -0.3 is 15.0 Å². The smallest absolute Gasteiger partial charge is 0.263 e. The molecule has 26 heavy (non-hydrogen) atoms. The predicted octanol–water partition coefficient (Wildman–Crippen LogP) is 3.91. The lowest BCUT2D eigenvalue weighted by molar-refractivity contribution is -0.114. The van der Waals surface area contributed by atoms with Crippen molar-refractivity contribution < 1.29 is 14.3 Å². The molecule has 132 valence electrons. The highest BCUT2D eigenvalue weighted by Crippen LogP contribution is 2.47. The lowest BCUT2D eigenvalue weighted by Crippen LogP contribution is -2.27. The lowest BCUT2D eigenvalue weighted by atomic mass is 10.1. The van der Waals surface area contributed by atoms with Crippen molar-refractivity contribution in [2.45, 2.75) is 18.7 Å². The van der Waals surface area contributed by atoms with Crippen molar-refractivity contribution in [3.8, 4) is 5.75 Å². The van der Waals surface area contributed by atoms with Gasteiger partial charge in [0.15, 0.2) is 0 Å². The van der Waals surface area contributed by atoms with Crippen molar-refractivity contribution in [1.29, 1.82) is 0 Å². The second-order valence-electron chi connectivity index (χ2n) is 5.92. The van der Waals surface area contributed by atoms with E-state index in [-0.39, 0.29) is 11.8 Å². The minimum atomic E-state index is -0.247. The van der Waals surface area contributed by atoms with Crippen LogP contribution in [0.4, 0.5) is 11.4 Å². The molecule has 6 heteroatoms. The Kier molecular flexibility index (Phi) is 4.20. The van der Waals surface area contributed by atoms with Gasteiger partial charge in [-0.3, -0.25) is 9.59 Å². The molecule has 1 N–H and O–H groups in total. The van der Waals surface area contributed by atoms with Crippen molar-refractivity contribution in [2.24, 2.45) is 0 Å². The fraction of sp³-hybridized carbons (Fsp3) is 0.200. The fourth-order valence-electron chi connectivity index (χ4n) is 3.26. The second-order valence-corrected chi connectivity index (χ2v) is 6.97. The van der Waals surface area contributed by atoms with Gasteiger partial charge in [0, 0.05) is 17.0 Å². The molecule has 0 saturated carbocycles. The highest BCUT2D eigenvalue weighted by molar-refractivity contribution is 8.04. The maximum atomic E-state index is 13.0. The number of thioether (sulfide) groups is 1. The van der Waals surface area contributed by atoms with Crippen molar-refractivity contribution >= 4 is 40.5 Å². The predicted molar refractivity (Wildman–Crippen MR) is 103 cm³/mol. The monoisotopic (exact) mass is 366 g/mol. The van der Waals surface area contributed by atoms with Crippen LogP contribution in [0.15, 0.2) is 52.3 Å². The van der Waals surface area contributed by atoms with E-state index in [1.54, 1.807) is 4.90 Å². The van der Waals surface area contributed by atoms with E-state index in [2.05, 4.69) is 5.32 Å². The number of likely N-dealkylation sites (N-methyl/N-ethyl adjacent to an activating group) is 1. The van der Waals surface area contributed by atoms with Crippen LogP contribution >= 0.6 is 11.8 Å². The minimum Gasteiger partial charge on any atom is -0.494 e. The fourth-order valence-corrected chi connectivity index (χ4v) is 4.33. The number of rotatable bonds is 3. The van der Waals surface area contributed by atoms with Gasteiger partial charge >= 0.3 is 0 Å². The van der Waals surface area contributed by atoms with Gasteiger partial charge in [-0.05, 0) is 38.1 Å². The number of hydrogen-bond donors (Lipinski definition) is 1. The van der Waals surface area contributed by atoms with Crippen molar-refractivity contribution in [3.05, 3.63) is 52.9 Å². The number of fused-ring (bicyclic) bond motifs is 2. The summed E-state index contributed by atoms with van der Waals surface area (Å²) in [6.45, 7) is 4.99. The van der Waals surface area contributed by atoms with E-state index in [0.29, 0.717) is 23.6 Å². The Balaban J connectivity index is 1.84. The maximum absolute atomic E-state index is 13.0. The van der Waals surface area contributed by atoms with E-state index < -0.39 is 0 Å². The number of ether oxygens (including phenoxy) is 1. The standard InChI is InChI=1S/C20H18N2O3S/c1-3-22-15-8-6-5-7-13(15)17(20(22)24)18-19(23)21-14-10-9-12(25-4-2)11-16(14)26-18/h5-11H,3-4H2,1-2H3,(H,21,23). The Hall–Kier alpha value is -2.73. The first-order valence-corrected chi connectivity index (χ1v) is 9.37. The average Bonchev–Trinajstić information content (AvgIpc) is 2.93. The first-order chi connectivity index (χ1) is 12.6. The molecule has 0 radical (unpaired) electrons. The first-order valence-electron chi connectivity index (χ1n) is 8.55. The molecule has 2 aliphatic heterocycles. The quantitative estimate of drug-likeness (QED) is 0.837. The second kappa shape index (κ2) is 6.53. The zero-order valence-electron chi connectivity index (χ0n) is 14.5. The molecule has 2 aliphatic rings. The third kappa shape index (κ3) is 2.57. The van der Waals surface area contributed by atoms with Crippen LogP contribution in [0, 0.1) is 0 Å². The van der Waals surface area contributed by atoms with Gasteiger partial charge in [-0.2, -0.15) is 0 Å². The molecule has 2 aromatic rings. The molecule has 5 nitrogen and oxygen atoms in total. The van der Waals surface area contributed by atoms with Crippen LogP contribution in [0.25, 0.3) is 5.57 Å². The number of anilines is 2. The molecule has 0 bridgehead atoms. The molecule has 0 saturated heterocycles. The Morgan fingerprint density at radius 1 is 1.12 bits per heavy atom. The molecule has 4 rings (SSSR count). The number of para-hydroxylation sites is 1. The van der Waals surface area contributed by atoms with Gasteiger partial charge in [0.25, 0.3) is 11.8 Å². The number of amides is 2. The highest BCUT2D eigenvalue weighted by atomic mass is 32.2. The van der Waals surface area contributed by atoms with E-state index in [1.165, 1.54) is 11.8 Å². The third-order valence-corrected chi connectivity index (χ3v) is 5.55. The molecular weight excluding hydrogens is 348 g/mol. The molecular formula is C20H18N2O3S. The van der Waals surface area contributed by atoms with Crippen molar-refractivity contribution in [3.63, 3.8) is 0 Å². The van der Waals surface area contributed by atoms with Crippen LogP contribution in [0.5, 0.6) is 5.75 Å². The minimum absolute atomic E-state index is 0.129. The van der Waals surface area contributed by atoms with Crippen molar-refractivity contribution in [1.82, 2.24) is 0 Å². The normalized spacial score (nSPS) is 18.5. The number of nitrogens with zero attached hydrogens (tertiary/aromatic N) is 1. The van der Waals surface area contributed by atoms with Gasteiger partial charge in [-0.15, -0.1) is 0 Å². The molecule has 0 unspecified atom stereocenters. The number of hydrogen-bond acceptors (Lipinski definition) is 4. The summed E-state index contributed by atoms with van der Waals surface area (Å²) in [6.07, 6.45) is 0. The highest BCUT2D eigenvalue weighted by Gasteiger charge is 2.37. The van der Waals surface area contributed by atoms with Crippen LogP contribution in [-0.4, -0.2) is 25.0 Å². The van der Waals surface area contributed by atoms with Crippen LogP contribution in [-0.2, 0) is 9.59 Å². The van der Waals surface area contributed by atoms with E-state index >= 15 is 0 Å². The summed E-state index contributed by atoms with van der Waals surface area (Å²) in [4.78, 5) is 28.7. The first kappa shape index (κ1) is 16.7. The Morgan fingerprint density at radius 3 is 2.69 bits per heavy atom. The maximum Gasteiger partial charge on any atom is 0.263 e. The van der Waals surface area contributed by atoms with E-state index in [9.17, 15) is 9.59 Å². The molecule has 0 aliphatic carbocycles. The van der Waals surface area contributed by atoms with E-state index in [4.69, 9.17) is 4.74 Å². The number of nitrogens with one attached hydrogen (secondary N) is 1. The zero-order valence-corrected chi connectivity index (χ0v) is 15.4. The Morgan fingerprint density at radius 2 is 1.92 bits per heavy atom. The SMILES string of the molecule is CCOc1ccc2c(c1)SC(=C1C(=O)N(CC)c3ccccc31)C(=O)N2. The van der Waals surface area contributed by atoms with Gasteiger partial charge in [-0.1, -0.05) is 30.0 Å². The molecule has 0 spiro atoms. The summed E-state index contributed by atoms with van der Waals surface area (Å²) < 4.78 is 5.55. The Labute approximate surface area is 156 Å². The summed E-state index contributed by atoms with van der Waals surface area (Å²) in [5.74, 6) is 0.367. The van der Waals surface area contributed by atoms with E-state index in [1.807, 2.05) is 56.3 Å². The molecule has 0 fully saturated rings. The summed E-state index contributed by atoms with van der Waals surface area (Å²) in [7, 11) is 0. The summed E-state index contributed by atoms with van der Waals surface area (Å²) in [6, 6.07) is 13.2. The molecule has 2 aromatic carbocycles. The summed E-state index contributed by atoms with van der Waals surface area (Å²) in [5.41, 5.74) is 2.86. The summed E-state index contributed by atoms with van der Waals surface area (Å²) >= 11 is 1.32. The van der Waals surface area contributed by atoms with Crippen molar-refractivity contribution in [2.75, 3.05) is 23.4 Å². The molecule has 0 aromatic heterocycles. The van der Waals surface area contributed by atoms with Crippen LogP contribution in [0.2, 0.25) is 0 Å². The number of benzene rings is 2. The van der Waals surface area contributed by atoms with Gasteiger partial charge in [0.2, 0.25) is 0 Å². The van der Waals surface area contributed by atoms with Gasteiger partial charge in [0.1, 0.15) is 5.75 Å². The van der Waals surface area contributed by atoms with Crippen LogP contribution < -0.4 is 15.0 Å². The number of carbonyl (C=O) groups is 2. The van der Waals surface area contributed by atoms with Crippen LogP contribution in [0.3, 0.4) is 0 Å². The number of carbonyl (C=O) groups excluding carboxylic acids is 2. The average molecular weight is 366 g/mol. The lowest BCUT2D eigenvalue weighted by Gasteiger charge is -2.21. The zero-order chi connectivity index (χ0) is 18.3. The van der Waals surface area contributed by atoms with Crippen LogP contribution in [0.1, 0.15) is 19.4 Å². The Bertz CT molecular complexity index is 952. The largest absolute Gasteiger partial charge is 0.494 e. The molecule has 0 atom stereocenters. The molecule has 2 heterocycles. The summed E-state index contributed by atoms with van der Waals surface area (Å²) in [5, 5.41) is 2.90. The molecule has 2 amide bonds. The van der Waals surface area contributed by atoms with E-state index in [0.717, 1.165) is 27.6 Å². The third-order valence-electron chi connectivity index (χ3n) is 4.40. The van der Waals surface area contributed by atoms with Gasteiger partial charge in [-0.25, -0.2) is 0 Å². The van der Waals surface area contributed by atoms with Gasteiger partial charge in [0.05, 0.1) is 28.5 Å².